The van der Waals surface area contributed by atoms with E-state index in [0.29, 0.717) is 5.56 Å². The topological polar surface area (TPSA) is 50.6 Å². The van der Waals surface area contributed by atoms with Crippen LogP contribution in [-0.4, -0.2) is 60.8 Å². The number of carbonyl (C=O) groups excluding carboxylic acids is 1. The summed E-state index contributed by atoms with van der Waals surface area (Å²) in [5.74, 6) is 1.02. The molecule has 0 spiro atoms. The fraction of sp³-hybridized carbons (Fsp3) is 0.333. The molecule has 0 saturated carbocycles. The standard InChI is InChI=1S/C21H24N4O2/c1-23(2)21(26)16-6-4-15(5-7-16)19-14-17-18(24(19)3)8-9-22-20(17)25-10-12-27-13-11-25/h4-9,14H,10-13H2,1-3H3. The first-order valence-electron chi connectivity index (χ1n) is 9.15. The molecule has 0 unspecified atom stereocenters. The van der Waals surface area contributed by atoms with Crippen molar-refractivity contribution >= 4 is 22.6 Å². The Morgan fingerprint density at radius 2 is 1.81 bits per heavy atom. The van der Waals surface area contributed by atoms with Crippen LogP contribution in [0.1, 0.15) is 10.4 Å². The van der Waals surface area contributed by atoms with Crippen LogP contribution in [0.5, 0.6) is 0 Å². The lowest BCUT2D eigenvalue weighted by Gasteiger charge is -2.28. The highest BCUT2D eigenvalue weighted by molar-refractivity contribution is 5.96. The fourth-order valence-electron chi connectivity index (χ4n) is 3.59. The Hall–Kier alpha value is -2.86. The molecule has 0 bridgehead atoms. The molecule has 140 valence electrons. The van der Waals surface area contributed by atoms with Crippen LogP contribution in [0.3, 0.4) is 0 Å². The Bertz CT molecular complexity index is 970. The molecule has 1 aliphatic heterocycles. The van der Waals surface area contributed by atoms with Crippen molar-refractivity contribution in [3.05, 3.63) is 48.2 Å². The van der Waals surface area contributed by atoms with E-state index in [1.165, 1.54) is 0 Å². The highest BCUT2D eigenvalue weighted by atomic mass is 16.5. The van der Waals surface area contributed by atoms with Gasteiger partial charge in [0, 0.05) is 57.1 Å². The van der Waals surface area contributed by atoms with Gasteiger partial charge in [-0.3, -0.25) is 4.79 Å². The number of aryl methyl sites for hydroxylation is 1. The molecule has 6 nitrogen and oxygen atoms in total. The number of nitrogens with zero attached hydrogens (tertiary/aromatic N) is 4. The molecule has 0 aliphatic carbocycles. The molecule has 6 heteroatoms. The van der Waals surface area contributed by atoms with Gasteiger partial charge in [0.2, 0.25) is 0 Å². The Balaban J connectivity index is 1.74. The van der Waals surface area contributed by atoms with Gasteiger partial charge in [0.05, 0.1) is 18.7 Å². The molecule has 3 heterocycles. The van der Waals surface area contributed by atoms with Gasteiger partial charge in [0.25, 0.3) is 5.91 Å². The summed E-state index contributed by atoms with van der Waals surface area (Å²) in [6.45, 7) is 3.19. The van der Waals surface area contributed by atoms with Gasteiger partial charge in [0.1, 0.15) is 5.82 Å². The largest absolute Gasteiger partial charge is 0.378 e. The maximum Gasteiger partial charge on any atom is 0.253 e. The van der Waals surface area contributed by atoms with Crippen molar-refractivity contribution in [1.29, 1.82) is 0 Å². The molecule has 0 radical (unpaired) electrons. The fourth-order valence-corrected chi connectivity index (χ4v) is 3.59. The van der Waals surface area contributed by atoms with Crippen LogP contribution >= 0.6 is 0 Å². The second-order valence-electron chi connectivity index (χ2n) is 7.03. The van der Waals surface area contributed by atoms with Crippen molar-refractivity contribution in [3.8, 4) is 11.3 Å². The number of ether oxygens (including phenoxy) is 1. The molecule has 0 atom stereocenters. The van der Waals surface area contributed by atoms with Crippen molar-refractivity contribution in [2.24, 2.45) is 7.05 Å². The maximum atomic E-state index is 12.1. The van der Waals surface area contributed by atoms with Crippen molar-refractivity contribution in [2.45, 2.75) is 0 Å². The third-order valence-electron chi connectivity index (χ3n) is 5.09. The SMILES string of the molecule is CN(C)C(=O)c1ccc(-c2cc3c(N4CCOCC4)nccc3n2C)cc1. The van der Waals surface area contributed by atoms with Gasteiger partial charge in [-0.05, 0) is 29.8 Å². The predicted octanol–water partition coefficient (Wildman–Crippen LogP) is 2.78. The monoisotopic (exact) mass is 364 g/mol. The van der Waals surface area contributed by atoms with Crippen molar-refractivity contribution in [3.63, 3.8) is 0 Å². The average Bonchev–Trinajstić information content (AvgIpc) is 3.05. The zero-order chi connectivity index (χ0) is 19.0. The van der Waals surface area contributed by atoms with Gasteiger partial charge < -0.3 is 19.1 Å². The number of pyridine rings is 1. The first kappa shape index (κ1) is 17.5. The molecule has 3 aromatic rings. The number of morpholine rings is 1. The maximum absolute atomic E-state index is 12.1. The smallest absolute Gasteiger partial charge is 0.253 e. The second kappa shape index (κ2) is 7.04. The van der Waals surface area contributed by atoms with E-state index in [1.54, 1.807) is 19.0 Å². The number of fused-ring (bicyclic) bond motifs is 1. The van der Waals surface area contributed by atoms with E-state index in [1.807, 2.05) is 36.5 Å². The number of hydrogen-bond donors (Lipinski definition) is 0. The van der Waals surface area contributed by atoms with E-state index in [-0.39, 0.29) is 5.91 Å². The summed E-state index contributed by atoms with van der Waals surface area (Å²) >= 11 is 0. The summed E-state index contributed by atoms with van der Waals surface area (Å²) in [6, 6.07) is 12.0. The summed E-state index contributed by atoms with van der Waals surface area (Å²) in [5, 5.41) is 1.14. The normalized spacial score (nSPS) is 14.6. The summed E-state index contributed by atoms with van der Waals surface area (Å²) in [4.78, 5) is 20.6. The molecule has 4 rings (SSSR count). The summed E-state index contributed by atoms with van der Waals surface area (Å²) < 4.78 is 7.66. The predicted molar refractivity (Wildman–Crippen MR) is 107 cm³/mol. The molecule has 0 N–H and O–H groups in total. The number of amides is 1. The number of aromatic nitrogens is 2. The highest BCUT2D eigenvalue weighted by Crippen LogP contribution is 2.32. The number of hydrogen-bond acceptors (Lipinski definition) is 4. The van der Waals surface area contributed by atoms with Gasteiger partial charge in [-0.25, -0.2) is 4.98 Å². The van der Waals surface area contributed by atoms with E-state index in [4.69, 9.17) is 4.74 Å². The van der Waals surface area contributed by atoms with Crippen molar-refractivity contribution < 1.29 is 9.53 Å². The van der Waals surface area contributed by atoms with E-state index in [0.717, 1.165) is 54.3 Å². The summed E-state index contributed by atoms with van der Waals surface area (Å²) in [6.07, 6.45) is 1.87. The van der Waals surface area contributed by atoms with Gasteiger partial charge in [-0.15, -0.1) is 0 Å². The van der Waals surface area contributed by atoms with E-state index in [2.05, 4.69) is 27.6 Å². The lowest BCUT2D eigenvalue weighted by Crippen LogP contribution is -2.36. The Morgan fingerprint density at radius 1 is 1.11 bits per heavy atom. The van der Waals surface area contributed by atoms with Crippen LogP contribution in [-0.2, 0) is 11.8 Å². The molecule has 1 aromatic carbocycles. The third kappa shape index (κ3) is 3.17. The molecule has 1 aliphatic rings. The molecule has 2 aromatic heterocycles. The van der Waals surface area contributed by atoms with Gasteiger partial charge >= 0.3 is 0 Å². The summed E-state index contributed by atoms with van der Waals surface area (Å²) in [5.41, 5.74) is 4.03. The molecule has 27 heavy (non-hydrogen) atoms. The van der Waals surface area contributed by atoms with Crippen LogP contribution in [0.4, 0.5) is 5.82 Å². The average molecular weight is 364 g/mol. The highest BCUT2D eigenvalue weighted by Gasteiger charge is 2.18. The molecule has 1 saturated heterocycles. The minimum absolute atomic E-state index is 0.0115. The number of rotatable bonds is 3. The van der Waals surface area contributed by atoms with Crippen LogP contribution < -0.4 is 4.90 Å². The molecule has 1 fully saturated rings. The summed E-state index contributed by atoms with van der Waals surface area (Å²) in [7, 11) is 5.60. The van der Waals surface area contributed by atoms with E-state index in [9.17, 15) is 4.79 Å². The number of anilines is 1. The zero-order valence-corrected chi connectivity index (χ0v) is 16.0. The van der Waals surface area contributed by atoms with Crippen LogP contribution in [0, 0.1) is 0 Å². The zero-order valence-electron chi connectivity index (χ0n) is 16.0. The Kier molecular flexibility index (Phi) is 4.58. The van der Waals surface area contributed by atoms with Crippen LogP contribution in [0.2, 0.25) is 0 Å². The Morgan fingerprint density at radius 3 is 2.48 bits per heavy atom. The first-order chi connectivity index (χ1) is 13.1. The van der Waals surface area contributed by atoms with Gasteiger partial charge in [-0.2, -0.15) is 0 Å². The van der Waals surface area contributed by atoms with Crippen molar-refractivity contribution in [2.75, 3.05) is 45.3 Å². The van der Waals surface area contributed by atoms with Crippen LogP contribution in [0.25, 0.3) is 22.2 Å². The first-order valence-corrected chi connectivity index (χ1v) is 9.15. The lowest BCUT2D eigenvalue weighted by molar-refractivity contribution is 0.0827. The van der Waals surface area contributed by atoms with E-state index >= 15 is 0 Å². The molecular formula is C21H24N4O2. The molecular weight excluding hydrogens is 340 g/mol. The van der Waals surface area contributed by atoms with Gasteiger partial charge in [0.15, 0.2) is 0 Å². The van der Waals surface area contributed by atoms with E-state index < -0.39 is 0 Å². The number of benzene rings is 1. The minimum atomic E-state index is 0.0115. The van der Waals surface area contributed by atoms with Crippen molar-refractivity contribution in [1.82, 2.24) is 14.5 Å². The third-order valence-corrected chi connectivity index (χ3v) is 5.09. The van der Waals surface area contributed by atoms with Gasteiger partial charge in [-0.1, -0.05) is 12.1 Å². The quantitative estimate of drug-likeness (QED) is 0.717. The Labute approximate surface area is 159 Å². The number of carbonyl (C=O) groups is 1. The lowest BCUT2D eigenvalue weighted by atomic mass is 10.1. The van der Waals surface area contributed by atoms with Crippen LogP contribution in [0.15, 0.2) is 42.6 Å². The minimum Gasteiger partial charge on any atom is -0.378 e. The molecule has 1 amide bonds. The second-order valence-corrected chi connectivity index (χ2v) is 7.03.